The molecule has 0 aliphatic rings. The lowest BCUT2D eigenvalue weighted by molar-refractivity contribution is -0.137. The first-order chi connectivity index (χ1) is 7.04. The van der Waals surface area contributed by atoms with Gasteiger partial charge in [0.05, 0.1) is 0 Å². The lowest BCUT2D eigenvalue weighted by Crippen LogP contribution is -2.33. The molecule has 7 nitrogen and oxygen atoms in total. The van der Waals surface area contributed by atoms with Crippen LogP contribution >= 0.6 is 0 Å². The molecular weight excluding hydrogens is 258 g/mol. The highest BCUT2D eigenvalue weighted by atomic mass is 32.3. The summed E-state index contributed by atoms with van der Waals surface area (Å²) in [7, 11) is -6.25. The monoisotopic (exact) mass is 273 g/mol. The average molecular weight is 273 g/mol. The van der Waals surface area contributed by atoms with Gasteiger partial charge in [0.1, 0.15) is 0 Å². The minimum atomic E-state index is -3.86. The van der Waals surface area contributed by atoms with Crippen LogP contribution in [-0.4, -0.2) is 57.1 Å². The predicted molar refractivity (Wildman–Crippen MR) is 58.1 cm³/mol. The van der Waals surface area contributed by atoms with E-state index in [-0.39, 0.29) is 19.4 Å². The molecule has 0 atom stereocenters. The van der Waals surface area contributed by atoms with Gasteiger partial charge in [0.2, 0.25) is 10.0 Å². The molecule has 0 aliphatic carbocycles. The maximum atomic E-state index is 11.4. The largest absolute Gasteiger partial charge is 0.481 e. The topological polar surface area (TPSA) is 109 Å². The Bertz CT molecular complexity index is 437. The van der Waals surface area contributed by atoms with Crippen LogP contribution < -0.4 is 0 Å². The Hall–Kier alpha value is -0.670. The van der Waals surface area contributed by atoms with E-state index in [1.54, 1.807) is 0 Å². The maximum Gasteiger partial charge on any atom is 0.303 e. The van der Waals surface area contributed by atoms with E-state index in [4.69, 9.17) is 5.11 Å². The second-order valence-corrected chi connectivity index (χ2v) is 8.06. The molecule has 0 rings (SSSR count). The van der Waals surface area contributed by atoms with Crippen LogP contribution in [0, 0.1) is 0 Å². The molecule has 0 saturated carbocycles. The van der Waals surface area contributed by atoms with E-state index < -0.39 is 30.9 Å². The quantitative estimate of drug-likeness (QED) is 0.645. The van der Waals surface area contributed by atoms with Gasteiger partial charge in [-0.15, -0.1) is 0 Å². The Balaban J connectivity index is 4.37. The van der Waals surface area contributed by atoms with Gasteiger partial charge in [0, 0.05) is 26.3 Å². The summed E-state index contributed by atoms with van der Waals surface area (Å²) in [5, 5.41) is 7.40. The molecule has 96 valence electrons. The standard InChI is InChI=1S/C7H15NO6S2/c1-8(5-3-4-7(9)10)16(13,14)6-15(2,11)12/h3-6H2,1-2H3,(H,9,10). The smallest absolute Gasteiger partial charge is 0.303 e. The number of rotatable bonds is 7. The lowest BCUT2D eigenvalue weighted by atomic mass is 10.3. The van der Waals surface area contributed by atoms with Crippen LogP contribution in [0.5, 0.6) is 0 Å². The number of hydrogen-bond donors (Lipinski definition) is 1. The van der Waals surface area contributed by atoms with Crippen molar-refractivity contribution in [2.75, 3.05) is 24.9 Å². The highest BCUT2D eigenvalue weighted by molar-refractivity contribution is 8.06. The van der Waals surface area contributed by atoms with Crippen molar-refractivity contribution in [3.63, 3.8) is 0 Å². The van der Waals surface area contributed by atoms with Crippen molar-refractivity contribution >= 4 is 25.8 Å². The van der Waals surface area contributed by atoms with Gasteiger partial charge in [-0.25, -0.2) is 21.1 Å². The molecule has 16 heavy (non-hydrogen) atoms. The molecule has 0 heterocycles. The van der Waals surface area contributed by atoms with Gasteiger partial charge < -0.3 is 5.11 Å². The average Bonchev–Trinajstić information content (AvgIpc) is 1.98. The highest BCUT2D eigenvalue weighted by Gasteiger charge is 2.23. The second-order valence-electron chi connectivity index (χ2n) is 3.47. The molecule has 0 aromatic carbocycles. The first-order valence-electron chi connectivity index (χ1n) is 4.38. The van der Waals surface area contributed by atoms with Gasteiger partial charge in [-0.05, 0) is 6.42 Å². The third-order valence-corrected chi connectivity index (χ3v) is 5.74. The summed E-state index contributed by atoms with van der Waals surface area (Å²) in [5.41, 5.74) is 0. The van der Waals surface area contributed by atoms with Crippen molar-refractivity contribution in [2.45, 2.75) is 12.8 Å². The van der Waals surface area contributed by atoms with Gasteiger partial charge >= 0.3 is 5.97 Å². The van der Waals surface area contributed by atoms with Gasteiger partial charge in [0.15, 0.2) is 14.9 Å². The summed E-state index contributed by atoms with van der Waals surface area (Å²) >= 11 is 0. The summed E-state index contributed by atoms with van der Waals surface area (Å²) in [5.74, 6) is -1.02. The molecule has 1 N–H and O–H groups in total. The minimum Gasteiger partial charge on any atom is -0.481 e. The third-order valence-electron chi connectivity index (χ3n) is 1.70. The molecule has 0 saturated heterocycles. The fraction of sp³-hybridized carbons (Fsp3) is 0.857. The summed E-state index contributed by atoms with van der Waals surface area (Å²) < 4.78 is 45.4. The fourth-order valence-corrected chi connectivity index (χ4v) is 4.24. The molecule has 0 fully saturated rings. The summed E-state index contributed by atoms with van der Waals surface area (Å²) in [6.07, 6.45) is 0.823. The third kappa shape index (κ3) is 6.75. The van der Waals surface area contributed by atoms with E-state index >= 15 is 0 Å². The lowest BCUT2D eigenvalue weighted by Gasteiger charge is -2.15. The number of aliphatic carboxylic acids is 1. The first kappa shape index (κ1) is 15.3. The maximum absolute atomic E-state index is 11.4. The number of carboxylic acids is 1. The van der Waals surface area contributed by atoms with Crippen molar-refractivity contribution in [3.05, 3.63) is 0 Å². The zero-order chi connectivity index (χ0) is 13.0. The van der Waals surface area contributed by atoms with Gasteiger partial charge in [-0.3, -0.25) is 4.79 Å². The van der Waals surface area contributed by atoms with Crippen LogP contribution in [0.4, 0.5) is 0 Å². The molecule has 0 spiro atoms. The Kier molecular flexibility index (Phi) is 5.36. The van der Waals surface area contributed by atoms with Gasteiger partial charge in [-0.1, -0.05) is 0 Å². The highest BCUT2D eigenvalue weighted by Crippen LogP contribution is 2.04. The van der Waals surface area contributed by atoms with Crippen molar-refractivity contribution in [1.29, 1.82) is 0 Å². The molecule has 0 aromatic heterocycles. The summed E-state index contributed by atoms with van der Waals surface area (Å²) in [6, 6.07) is 0. The Morgan fingerprint density at radius 1 is 1.25 bits per heavy atom. The molecule has 9 heteroatoms. The Labute approximate surface area is 95.0 Å². The molecule has 0 aromatic rings. The van der Waals surface area contributed by atoms with Crippen LogP contribution in [0.3, 0.4) is 0 Å². The number of nitrogens with zero attached hydrogens (tertiary/aromatic N) is 1. The molecule has 0 amide bonds. The first-order valence-corrected chi connectivity index (χ1v) is 8.05. The zero-order valence-electron chi connectivity index (χ0n) is 9.08. The number of hydrogen-bond acceptors (Lipinski definition) is 5. The van der Waals surface area contributed by atoms with Crippen LogP contribution in [-0.2, 0) is 24.7 Å². The second kappa shape index (κ2) is 5.60. The molecule has 0 unspecified atom stereocenters. The Morgan fingerprint density at radius 3 is 2.12 bits per heavy atom. The number of carboxylic acid groups (broad SMARTS) is 1. The van der Waals surface area contributed by atoms with E-state index in [0.29, 0.717) is 0 Å². The minimum absolute atomic E-state index is 0.00977. The molecule has 0 aliphatic heterocycles. The normalized spacial score (nSPS) is 12.9. The van der Waals surface area contributed by atoms with E-state index in [0.717, 1.165) is 10.6 Å². The number of sulfone groups is 1. The molecule has 0 bridgehead atoms. The molecule has 0 radical (unpaired) electrons. The van der Waals surface area contributed by atoms with E-state index in [9.17, 15) is 21.6 Å². The Morgan fingerprint density at radius 2 is 1.75 bits per heavy atom. The fourth-order valence-electron chi connectivity index (χ4n) is 0.953. The van der Waals surface area contributed by atoms with E-state index in [2.05, 4.69) is 0 Å². The summed E-state index contributed by atoms with van der Waals surface area (Å²) in [6.45, 7) is -0.00977. The molecular formula is C7H15NO6S2. The van der Waals surface area contributed by atoms with Crippen molar-refractivity contribution in [2.24, 2.45) is 0 Å². The van der Waals surface area contributed by atoms with Gasteiger partial charge in [0.25, 0.3) is 0 Å². The van der Waals surface area contributed by atoms with Gasteiger partial charge in [-0.2, -0.15) is 0 Å². The van der Waals surface area contributed by atoms with Crippen molar-refractivity contribution in [3.8, 4) is 0 Å². The SMILES string of the molecule is CN(CCCC(=O)O)S(=O)(=O)CS(C)(=O)=O. The van der Waals surface area contributed by atoms with Crippen LogP contribution in [0.15, 0.2) is 0 Å². The zero-order valence-corrected chi connectivity index (χ0v) is 10.7. The van der Waals surface area contributed by atoms with Crippen molar-refractivity contribution < 1.29 is 26.7 Å². The summed E-state index contributed by atoms with van der Waals surface area (Å²) in [4.78, 5) is 10.2. The van der Waals surface area contributed by atoms with Crippen LogP contribution in [0.1, 0.15) is 12.8 Å². The van der Waals surface area contributed by atoms with E-state index in [1.165, 1.54) is 7.05 Å². The van der Waals surface area contributed by atoms with Crippen LogP contribution in [0.2, 0.25) is 0 Å². The number of sulfonamides is 1. The predicted octanol–water partition coefficient (Wildman–Crippen LogP) is -0.885. The number of carbonyl (C=O) groups is 1. The van der Waals surface area contributed by atoms with Crippen LogP contribution in [0.25, 0.3) is 0 Å². The van der Waals surface area contributed by atoms with E-state index in [1.807, 2.05) is 0 Å². The van der Waals surface area contributed by atoms with Crippen molar-refractivity contribution in [1.82, 2.24) is 4.31 Å².